The maximum atomic E-state index is 5.86. The Morgan fingerprint density at radius 2 is 2.17 bits per heavy atom. The van der Waals surface area contributed by atoms with E-state index in [0.717, 1.165) is 25.0 Å². The van der Waals surface area contributed by atoms with E-state index in [1.165, 1.54) is 11.3 Å². The number of thiophene rings is 1. The van der Waals surface area contributed by atoms with Crippen molar-refractivity contribution in [3.8, 4) is 0 Å². The van der Waals surface area contributed by atoms with Gasteiger partial charge in [-0.15, -0.1) is 24.0 Å². The number of hydrogen-bond donors (Lipinski definition) is 2. The molecule has 0 amide bonds. The number of hydrogen-bond acceptors (Lipinski definition) is 3. The van der Waals surface area contributed by atoms with Gasteiger partial charge < -0.3 is 5.73 Å². The van der Waals surface area contributed by atoms with Crippen molar-refractivity contribution in [3.63, 3.8) is 0 Å². The van der Waals surface area contributed by atoms with Crippen LogP contribution in [0.4, 0.5) is 5.69 Å². The van der Waals surface area contributed by atoms with Crippen molar-refractivity contribution < 1.29 is 0 Å². The van der Waals surface area contributed by atoms with Gasteiger partial charge in [-0.1, -0.05) is 11.6 Å². The fourth-order valence-electron chi connectivity index (χ4n) is 1.10. The van der Waals surface area contributed by atoms with Crippen LogP contribution in [-0.4, -0.2) is 0 Å². The Bertz CT molecular complexity index is 397. The summed E-state index contributed by atoms with van der Waals surface area (Å²) < 4.78 is 1.77. The molecule has 0 fully saturated rings. The lowest BCUT2D eigenvalue weighted by Crippen LogP contribution is -1.83. The van der Waals surface area contributed by atoms with Gasteiger partial charge in [0.25, 0.3) is 0 Å². The maximum absolute atomic E-state index is 5.86. The first kappa shape index (κ1) is 8.23. The Hall–Kier alpha value is -0.380. The maximum Gasteiger partial charge on any atom is 0.0942 e. The van der Waals surface area contributed by atoms with Crippen LogP contribution in [0.3, 0.4) is 0 Å². The Balaban J connectivity index is 2.93. The predicted molar refractivity (Wildman–Crippen MR) is 58.5 cm³/mol. The molecule has 0 saturated carbocycles. The average molecular weight is 216 g/mol. The lowest BCUT2D eigenvalue weighted by molar-refractivity contribution is 1.59. The van der Waals surface area contributed by atoms with Crippen molar-refractivity contribution in [1.82, 2.24) is 0 Å². The molecule has 4 heteroatoms. The summed E-state index contributed by atoms with van der Waals surface area (Å²) in [5, 5.41) is 1.04. The minimum atomic E-state index is 0.748. The van der Waals surface area contributed by atoms with Gasteiger partial charge in [-0.2, -0.15) is 0 Å². The normalized spacial score (nSPS) is 10.8. The Morgan fingerprint density at radius 3 is 2.83 bits per heavy atom. The largest absolute Gasteiger partial charge is 0.398 e. The van der Waals surface area contributed by atoms with Gasteiger partial charge in [0, 0.05) is 16.0 Å². The summed E-state index contributed by atoms with van der Waals surface area (Å²) in [5.41, 5.74) is 6.52. The number of anilines is 1. The first-order valence-corrected chi connectivity index (χ1v) is 4.99. The van der Waals surface area contributed by atoms with Crippen LogP contribution in [0.5, 0.6) is 0 Å². The van der Waals surface area contributed by atoms with Gasteiger partial charge in [0.2, 0.25) is 0 Å². The van der Waals surface area contributed by atoms with E-state index in [2.05, 4.69) is 12.6 Å². The molecule has 0 radical (unpaired) electrons. The smallest absolute Gasteiger partial charge is 0.0942 e. The lowest BCUT2D eigenvalue weighted by Gasteiger charge is -1.96. The Labute approximate surface area is 84.6 Å². The molecule has 2 aromatic rings. The number of thiol groups is 1. The third-order valence-electron chi connectivity index (χ3n) is 1.66. The van der Waals surface area contributed by atoms with Gasteiger partial charge in [-0.05, 0) is 18.2 Å². The number of nitrogens with two attached hydrogens (primary N) is 1. The minimum absolute atomic E-state index is 0.748. The highest BCUT2D eigenvalue weighted by Gasteiger charge is 2.05. The molecule has 62 valence electrons. The molecule has 1 heterocycles. The number of nitrogen functional groups attached to an aromatic ring is 1. The van der Waals surface area contributed by atoms with Gasteiger partial charge in [-0.25, -0.2) is 0 Å². The summed E-state index contributed by atoms with van der Waals surface area (Å²) in [6.07, 6.45) is 0. The van der Waals surface area contributed by atoms with Gasteiger partial charge in [0.05, 0.1) is 9.04 Å². The van der Waals surface area contributed by atoms with Crippen molar-refractivity contribution in [3.05, 3.63) is 22.5 Å². The second kappa shape index (κ2) is 2.83. The highest BCUT2D eigenvalue weighted by molar-refractivity contribution is 7.80. The van der Waals surface area contributed by atoms with E-state index in [1.807, 2.05) is 18.2 Å². The fraction of sp³-hybridized carbons (Fsp3) is 0. The fourth-order valence-corrected chi connectivity index (χ4v) is 2.60. The van der Waals surface area contributed by atoms with Gasteiger partial charge in [0.15, 0.2) is 0 Å². The minimum Gasteiger partial charge on any atom is -0.398 e. The number of fused-ring (bicyclic) bond motifs is 1. The van der Waals surface area contributed by atoms with E-state index < -0.39 is 0 Å². The molecule has 0 saturated heterocycles. The molecule has 1 aromatic heterocycles. The predicted octanol–water partition coefficient (Wildman–Crippen LogP) is 3.43. The molecule has 0 atom stereocenters. The van der Waals surface area contributed by atoms with Crippen LogP contribution in [0, 0.1) is 0 Å². The molecule has 0 spiro atoms. The van der Waals surface area contributed by atoms with Crippen LogP contribution in [-0.2, 0) is 0 Å². The monoisotopic (exact) mass is 215 g/mol. The molecule has 0 bridgehead atoms. The molecule has 12 heavy (non-hydrogen) atoms. The van der Waals surface area contributed by atoms with E-state index in [1.54, 1.807) is 0 Å². The van der Waals surface area contributed by atoms with E-state index in [-0.39, 0.29) is 0 Å². The zero-order valence-corrected chi connectivity index (χ0v) is 8.51. The zero-order valence-electron chi connectivity index (χ0n) is 6.04. The first-order valence-electron chi connectivity index (χ1n) is 3.35. The van der Waals surface area contributed by atoms with Crippen molar-refractivity contribution in [2.75, 3.05) is 5.73 Å². The van der Waals surface area contributed by atoms with Crippen LogP contribution in [0.25, 0.3) is 10.1 Å². The quantitative estimate of drug-likeness (QED) is 0.511. The summed E-state index contributed by atoms with van der Waals surface area (Å²) in [6.45, 7) is 0. The summed E-state index contributed by atoms with van der Waals surface area (Å²) in [6, 6.07) is 5.61. The average Bonchev–Trinajstić information content (AvgIpc) is 2.41. The highest BCUT2D eigenvalue weighted by Crippen LogP contribution is 2.36. The van der Waals surface area contributed by atoms with Crippen molar-refractivity contribution in [1.29, 1.82) is 0 Å². The standard InChI is InChI=1S/C8H6ClNS2/c9-7-3-4-6(11)2-1-5(10)8(4)12-7/h1-3,11H,10H2. The number of benzene rings is 1. The van der Waals surface area contributed by atoms with Gasteiger partial charge in [0.1, 0.15) is 0 Å². The van der Waals surface area contributed by atoms with E-state index in [9.17, 15) is 0 Å². The molecule has 0 unspecified atom stereocenters. The SMILES string of the molecule is Nc1ccc(S)c2cc(Cl)sc12. The van der Waals surface area contributed by atoms with Gasteiger partial charge in [-0.3, -0.25) is 0 Å². The Morgan fingerprint density at radius 1 is 1.42 bits per heavy atom. The molecule has 1 aromatic carbocycles. The van der Waals surface area contributed by atoms with Crippen LogP contribution in [0.2, 0.25) is 4.34 Å². The molecule has 2 rings (SSSR count). The number of rotatable bonds is 0. The zero-order chi connectivity index (χ0) is 8.72. The highest BCUT2D eigenvalue weighted by atomic mass is 35.5. The van der Waals surface area contributed by atoms with Crippen LogP contribution >= 0.6 is 35.6 Å². The lowest BCUT2D eigenvalue weighted by atomic mass is 10.2. The topological polar surface area (TPSA) is 26.0 Å². The summed E-state index contributed by atoms with van der Waals surface area (Å²) in [7, 11) is 0. The molecular weight excluding hydrogens is 210 g/mol. The summed E-state index contributed by atoms with van der Waals surface area (Å²) >= 11 is 11.6. The summed E-state index contributed by atoms with van der Waals surface area (Å²) in [5.74, 6) is 0. The Kier molecular flexibility index (Phi) is 1.94. The van der Waals surface area contributed by atoms with Gasteiger partial charge >= 0.3 is 0 Å². The third-order valence-corrected chi connectivity index (χ3v) is 3.36. The molecule has 0 aliphatic heterocycles. The van der Waals surface area contributed by atoms with E-state index >= 15 is 0 Å². The van der Waals surface area contributed by atoms with Crippen LogP contribution < -0.4 is 5.73 Å². The van der Waals surface area contributed by atoms with Crippen LogP contribution in [0.15, 0.2) is 23.1 Å². The molecule has 0 aliphatic carbocycles. The molecule has 1 nitrogen and oxygen atoms in total. The number of halogens is 1. The third kappa shape index (κ3) is 1.18. The second-order valence-electron chi connectivity index (χ2n) is 2.47. The molecular formula is C8H6ClNS2. The van der Waals surface area contributed by atoms with Crippen molar-refractivity contribution >= 4 is 51.3 Å². The first-order chi connectivity index (χ1) is 5.68. The van der Waals surface area contributed by atoms with E-state index in [0.29, 0.717) is 0 Å². The van der Waals surface area contributed by atoms with Crippen molar-refractivity contribution in [2.45, 2.75) is 4.90 Å². The summed E-state index contributed by atoms with van der Waals surface area (Å²) in [4.78, 5) is 0.919. The second-order valence-corrected chi connectivity index (χ2v) is 4.63. The van der Waals surface area contributed by atoms with E-state index in [4.69, 9.17) is 17.3 Å². The van der Waals surface area contributed by atoms with Crippen molar-refractivity contribution in [2.24, 2.45) is 0 Å². The molecule has 2 N–H and O–H groups in total. The van der Waals surface area contributed by atoms with Crippen LogP contribution in [0.1, 0.15) is 0 Å². The molecule has 0 aliphatic rings.